The fraction of sp³-hybridized carbons (Fsp3) is 1.00. The van der Waals surface area contributed by atoms with Crippen molar-refractivity contribution in [3.05, 3.63) is 0 Å². The van der Waals surface area contributed by atoms with E-state index in [1.54, 1.807) is 0 Å². The number of unbranched alkanes of at least 4 members (excludes halogenated alkanes) is 1. The summed E-state index contributed by atoms with van der Waals surface area (Å²) in [5.41, 5.74) is 0. The van der Waals surface area contributed by atoms with E-state index in [1.807, 2.05) is 0 Å². The highest BCUT2D eigenvalue weighted by atomic mass is 14.8. The van der Waals surface area contributed by atoms with Gasteiger partial charge in [-0.15, -0.1) is 0 Å². The van der Waals surface area contributed by atoms with Crippen LogP contribution in [-0.4, -0.2) is 13.1 Å². The van der Waals surface area contributed by atoms with E-state index in [0.717, 1.165) is 30.2 Å². The molecule has 17 heavy (non-hydrogen) atoms. The van der Waals surface area contributed by atoms with Gasteiger partial charge in [0.05, 0.1) is 0 Å². The monoisotopic (exact) mass is 239 g/mol. The lowest BCUT2D eigenvalue weighted by molar-refractivity contribution is 0.136. The average Bonchev–Trinajstić information content (AvgIpc) is 2.34. The van der Waals surface area contributed by atoms with Gasteiger partial charge in [0.15, 0.2) is 0 Å². The van der Waals surface area contributed by atoms with Gasteiger partial charge in [-0.1, -0.05) is 47.0 Å². The fourth-order valence-electron chi connectivity index (χ4n) is 3.39. The van der Waals surface area contributed by atoms with E-state index < -0.39 is 0 Å². The van der Waals surface area contributed by atoms with Crippen molar-refractivity contribution in [2.75, 3.05) is 13.1 Å². The molecule has 1 saturated carbocycles. The summed E-state index contributed by atoms with van der Waals surface area (Å²) in [5, 5.41) is 3.57. The van der Waals surface area contributed by atoms with Crippen LogP contribution in [0.5, 0.6) is 0 Å². The molecule has 3 atom stereocenters. The van der Waals surface area contributed by atoms with Crippen LogP contribution in [0.15, 0.2) is 0 Å². The molecule has 1 heteroatoms. The third kappa shape index (κ3) is 4.99. The van der Waals surface area contributed by atoms with Crippen LogP contribution in [0.3, 0.4) is 0 Å². The number of rotatable bonds is 7. The molecule has 0 spiro atoms. The molecule has 1 fully saturated rings. The van der Waals surface area contributed by atoms with Crippen LogP contribution in [0.1, 0.15) is 66.2 Å². The fourth-order valence-corrected chi connectivity index (χ4v) is 3.39. The Balaban J connectivity index is 2.46. The first-order valence-corrected chi connectivity index (χ1v) is 7.89. The van der Waals surface area contributed by atoms with Crippen LogP contribution in [0, 0.1) is 23.7 Å². The first kappa shape index (κ1) is 15.0. The van der Waals surface area contributed by atoms with E-state index in [0.29, 0.717) is 0 Å². The largest absolute Gasteiger partial charge is 0.317 e. The zero-order chi connectivity index (χ0) is 12.7. The lowest BCUT2D eigenvalue weighted by atomic mass is 9.69. The van der Waals surface area contributed by atoms with Crippen molar-refractivity contribution in [1.29, 1.82) is 0 Å². The normalized spacial score (nSPS) is 29.8. The highest BCUT2D eigenvalue weighted by Crippen LogP contribution is 2.39. The molecule has 0 saturated heterocycles. The highest BCUT2D eigenvalue weighted by Gasteiger charge is 2.30. The summed E-state index contributed by atoms with van der Waals surface area (Å²) < 4.78 is 0. The zero-order valence-corrected chi connectivity index (χ0v) is 12.5. The molecule has 0 amide bonds. The second-order valence-corrected chi connectivity index (χ2v) is 6.29. The molecule has 1 nitrogen and oxygen atoms in total. The zero-order valence-electron chi connectivity index (χ0n) is 12.5. The molecule has 1 aliphatic rings. The van der Waals surface area contributed by atoms with Gasteiger partial charge in [0.25, 0.3) is 0 Å². The van der Waals surface area contributed by atoms with Crippen molar-refractivity contribution >= 4 is 0 Å². The molecular weight excluding hydrogens is 206 g/mol. The maximum absolute atomic E-state index is 3.57. The number of hydrogen-bond acceptors (Lipinski definition) is 1. The second kappa shape index (κ2) is 8.13. The van der Waals surface area contributed by atoms with Crippen molar-refractivity contribution in [3.63, 3.8) is 0 Å². The van der Waals surface area contributed by atoms with Crippen LogP contribution < -0.4 is 5.32 Å². The summed E-state index contributed by atoms with van der Waals surface area (Å²) in [5.74, 6) is 3.83. The van der Waals surface area contributed by atoms with Crippen molar-refractivity contribution in [2.24, 2.45) is 23.7 Å². The summed E-state index contributed by atoms with van der Waals surface area (Å²) >= 11 is 0. The minimum atomic E-state index is 0.888. The first-order valence-electron chi connectivity index (χ1n) is 7.89. The quantitative estimate of drug-likeness (QED) is 0.691. The predicted octanol–water partition coefficient (Wildman–Crippen LogP) is 4.47. The first-order chi connectivity index (χ1) is 8.19. The highest BCUT2D eigenvalue weighted by molar-refractivity contribution is 4.82. The van der Waals surface area contributed by atoms with Crippen molar-refractivity contribution < 1.29 is 0 Å². The van der Waals surface area contributed by atoms with Crippen LogP contribution in [-0.2, 0) is 0 Å². The van der Waals surface area contributed by atoms with Gasteiger partial charge in [0.2, 0.25) is 0 Å². The Hall–Kier alpha value is -0.0400. The Bertz CT molecular complexity index is 188. The van der Waals surface area contributed by atoms with E-state index in [-0.39, 0.29) is 0 Å². The molecule has 0 aromatic heterocycles. The molecule has 0 aromatic carbocycles. The van der Waals surface area contributed by atoms with Gasteiger partial charge < -0.3 is 5.32 Å². The summed E-state index contributed by atoms with van der Waals surface area (Å²) in [7, 11) is 0. The molecule has 0 radical (unpaired) electrons. The minimum Gasteiger partial charge on any atom is -0.317 e. The van der Waals surface area contributed by atoms with Crippen LogP contribution >= 0.6 is 0 Å². The molecule has 1 aliphatic carbocycles. The summed E-state index contributed by atoms with van der Waals surface area (Å²) in [6.07, 6.45) is 8.68. The number of nitrogens with one attached hydrogen (secondary N) is 1. The number of hydrogen-bond donors (Lipinski definition) is 1. The molecule has 3 unspecified atom stereocenters. The van der Waals surface area contributed by atoms with Crippen molar-refractivity contribution in [2.45, 2.75) is 66.2 Å². The van der Waals surface area contributed by atoms with Gasteiger partial charge in [0.1, 0.15) is 0 Å². The van der Waals surface area contributed by atoms with Crippen molar-refractivity contribution in [1.82, 2.24) is 5.32 Å². The molecule has 0 aromatic rings. The SMILES string of the molecule is CCCCC1CC(C(C)C)CCC1CNCC. The van der Waals surface area contributed by atoms with Crippen LogP contribution in [0.4, 0.5) is 0 Å². The Labute approximate surface area is 109 Å². The van der Waals surface area contributed by atoms with Gasteiger partial charge in [-0.05, 0) is 56.0 Å². The third-order valence-corrected chi connectivity index (χ3v) is 4.71. The van der Waals surface area contributed by atoms with Crippen LogP contribution in [0.25, 0.3) is 0 Å². The average molecular weight is 239 g/mol. The van der Waals surface area contributed by atoms with Gasteiger partial charge in [-0.25, -0.2) is 0 Å². The van der Waals surface area contributed by atoms with E-state index in [4.69, 9.17) is 0 Å². The van der Waals surface area contributed by atoms with E-state index in [2.05, 4.69) is 33.0 Å². The molecular formula is C16H33N. The van der Waals surface area contributed by atoms with Crippen molar-refractivity contribution in [3.8, 4) is 0 Å². The maximum atomic E-state index is 3.57. The second-order valence-electron chi connectivity index (χ2n) is 6.29. The summed E-state index contributed by atoms with van der Waals surface area (Å²) in [6.45, 7) is 11.8. The van der Waals surface area contributed by atoms with Gasteiger partial charge >= 0.3 is 0 Å². The Morgan fingerprint density at radius 3 is 2.47 bits per heavy atom. The molecule has 1 rings (SSSR count). The van der Waals surface area contributed by atoms with Crippen LogP contribution in [0.2, 0.25) is 0 Å². The summed E-state index contributed by atoms with van der Waals surface area (Å²) in [4.78, 5) is 0. The summed E-state index contributed by atoms with van der Waals surface area (Å²) in [6, 6.07) is 0. The van der Waals surface area contributed by atoms with E-state index in [9.17, 15) is 0 Å². The Kier molecular flexibility index (Phi) is 7.18. The smallest absolute Gasteiger partial charge is 0.00180 e. The van der Waals surface area contributed by atoms with E-state index in [1.165, 1.54) is 45.1 Å². The van der Waals surface area contributed by atoms with E-state index >= 15 is 0 Å². The molecule has 0 bridgehead atoms. The molecule has 1 N–H and O–H groups in total. The third-order valence-electron chi connectivity index (χ3n) is 4.71. The topological polar surface area (TPSA) is 12.0 Å². The Morgan fingerprint density at radius 1 is 1.12 bits per heavy atom. The Morgan fingerprint density at radius 2 is 1.88 bits per heavy atom. The molecule has 102 valence electrons. The minimum absolute atomic E-state index is 0.888. The van der Waals surface area contributed by atoms with Gasteiger partial charge in [0, 0.05) is 0 Å². The maximum Gasteiger partial charge on any atom is -0.00180 e. The standard InChI is InChI=1S/C16H33N/c1-5-7-8-15-11-14(13(3)4)9-10-16(15)12-17-6-2/h13-17H,5-12H2,1-4H3. The lowest BCUT2D eigenvalue weighted by Crippen LogP contribution is -2.34. The predicted molar refractivity (Wildman–Crippen MR) is 77.2 cm³/mol. The molecule has 0 heterocycles. The van der Waals surface area contributed by atoms with Gasteiger partial charge in [-0.2, -0.15) is 0 Å². The lowest BCUT2D eigenvalue weighted by Gasteiger charge is -2.38. The molecule has 0 aliphatic heterocycles. The van der Waals surface area contributed by atoms with Gasteiger partial charge in [-0.3, -0.25) is 0 Å².